The van der Waals surface area contributed by atoms with Crippen molar-refractivity contribution in [3.05, 3.63) is 94.7 Å². The van der Waals surface area contributed by atoms with Crippen molar-refractivity contribution in [1.82, 2.24) is 14.1 Å². The highest BCUT2D eigenvalue weighted by Gasteiger charge is 2.32. The van der Waals surface area contributed by atoms with E-state index in [0.29, 0.717) is 13.1 Å². The topological polar surface area (TPSA) is 55.2 Å². The minimum absolute atomic E-state index is 0.0245. The summed E-state index contributed by atoms with van der Waals surface area (Å²) >= 11 is 0. The Hall–Kier alpha value is -2.70. The second-order valence-corrected chi connectivity index (χ2v) is 8.57. The zero-order chi connectivity index (χ0) is 18.9. The molecule has 5 nitrogen and oxygen atoms in total. The molecule has 0 fully saturated rings. The number of aryl methyl sites for hydroxylation is 1. The third kappa shape index (κ3) is 3.72. The summed E-state index contributed by atoms with van der Waals surface area (Å²) in [5.74, 6) is -0.0245. The highest BCUT2D eigenvalue weighted by molar-refractivity contribution is 7.92. The molecular weight excluding hydrogens is 358 g/mol. The van der Waals surface area contributed by atoms with Crippen molar-refractivity contribution in [2.45, 2.75) is 12.5 Å². The van der Waals surface area contributed by atoms with Crippen LogP contribution in [0.4, 0.5) is 0 Å². The van der Waals surface area contributed by atoms with E-state index in [9.17, 15) is 8.42 Å². The summed E-state index contributed by atoms with van der Waals surface area (Å²) in [6.07, 6.45) is 5.42. The Kier molecular flexibility index (Phi) is 4.68. The van der Waals surface area contributed by atoms with E-state index in [2.05, 4.69) is 11.2 Å². The fraction of sp³-hybridized carbons (Fsp3) is 0.190. The van der Waals surface area contributed by atoms with Gasteiger partial charge in [-0.1, -0.05) is 54.6 Å². The summed E-state index contributed by atoms with van der Waals surface area (Å²) in [6.45, 7) is 0.790. The smallest absolute Gasteiger partial charge is 0.236 e. The van der Waals surface area contributed by atoms with Gasteiger partial charge in [-0.2, -0.15) is 9.40 Å². The number of benzene rings is 2. The van der Waals surface area contributed by atoms with Crippen LogP contribution in [0.25, 0.3) is 6.08 Å². The molecule has 0 saturated heterocycles. The maximum atomic E-state index is 13.0. The predicted octanol–water partition coefficient (Wildman–Crippen LogP) is 3.37. The molecule has 2 heterocycles. The Balaban J connectivity index is 1.67. The van der Waals surface area contributed by atoms with E-state index in [1.807, 2.05) is 68.0 Å². The summed E-state index contributed by atoms with van der Waals surface area (Å²) in [5.41, 5.74) is 4.09. The second-order valence-electron chi connectivity index (χ2n) is 6.75. The van der Waals surface area contributed by atoms with Gasteiger partial charge in [0.15, 0.2) is 0 Å². The molecule has 3 aromatic rings. The monoisotopic (exact) mass is 379 g/mol. The van der Waals surface area contributed by atoms with Crippen molar-refractivity contribution < 1.29 is 8.42 Å². The molecule has 1 aliphatic heterocycles. The summed E-state index contributed by atoms with van der Waals surface area (Å²) < 4.78 is 29.2. The van der Waals surface area contributed by atoms with E-state index in [-0.39, 0.29) is 5.92 Å². The Labute approximate surface area is 159 Å². The molecule has 1 atom stereocenters. The number of fused-ring (bicyclic) bond motifs is 1. The number of nitrogens with zero attached hydrogens (tertiary/aromatic N) is 3. The Morgan fingerprint density at radius 3 is 2.56 bits per heavy atom. The van der Waals surface area contributed by atoms with Crippen LogP contribution in [0.5, 0.6) is 0 Å². The number of sulfonamides is 1. The Morgan fingerprint density at radius 2 is 1.81 bits per heavy atom. The Bertz CT molecular complexity index is 1070. The fourth-order valence-electron chi connectivity index (χ4n) is 3.49. The van der Waals surface area contributed by atoms with Crippen LogP contribution in [0.1, 0.15) is 28.2 Å². The SMILES string of the molecule is Cn1cc(C2CN(S(=O)(=O)/C=C/c3ccccc3)Cc3ccccc32)cn1. The molecule has 138 valence electrons. The zero-order valence-corrected chi connectivity index (χ0v) is 15.9. The molecule has 0 saturated carbocycles. The number of aromatic nitrogens is 2. The largest absolute Gasteiger partial charge is 0.276 e. The highest BCUT2D eigenvalue weighted by Crippen LogP contribution is 2.34. The molecule has 0 aliphatic carbocycles. The van der Waals surface area contributed by atoms with Crippen molar-refractivity contribution in [2.24, 2.45) is 7.05 Å². The highest BCUT2D eigenvalue weighted by atomic mass is 32.2. The molecule has 0 bridgehead atoms. The molecule has 2 aromatic carbocycles. The second kappa shape index (κ2) is 7.13. The maximum Gasteiger partial charge on any atom is 0.236 e. The average molecular weight is 379 g/mol. The van der Waals surface area contributed by atoms with Gasteiger partial charge in [0, 0.05) is 37.7 Å². The molecule has 0 N–H and O–H groups in total. The van der Waals surface area contributed by atoms with Crippen molar-refractivity contribution in [3.8, 4) is 0 Å². The average Bonchev–Trinajstić information content (AvgIpc) is 3.12. The molecule has 4 rings (SSSR count). The maximum absolute atomic E-state index is 13.0. The van der Waals surface area contributed by atoms with Gasteiger partial charge in [0.05, 0.1) is 6.20 Å². The van der Waals surface area contributed by atoms with E-state index in [0.717, 1.165) is 16.7 Å². The van der Waals surface area contributed by atoms with Crippen LogP contribution in [-0.2, 0) is 23.6 Å². The van der Waals surface area contributed by atoms with Crippen LogP contribution < -0.4 is 0 Å². The van der Waals surface area contributed by atoms with Crippen LogP contribution in [-0.4, -0.2) is 29.0 Å². The first kappa shape index (κ1) is 17.7. The third-order valence-corrected chi connectivity index (χ3v) is 6.36. The minimum atomic E-state index is -3.53. The van der Waals surface area contributed by atoms with Crippen molar-refractivity contribution in [2.75, 3.05) is 6.54 Å². The van der Waals surface area contributed by atoms with Crippen molar-refractivity contribution in [1.29, 1.82) is 0 Å². The van der Waals surface area contributed by atoms with Gasteiger partial charge in [0.2, 0.25) is 10.0 Å². The molecule has 1 aliphatic rings. The van der Waals surface area contributed by atoms with E-state index < -0.39 is 10.0 Å². The van der Waals surface area contributed by atoms with Gasteiger partial charge >= 0.3 is 0 Å². The third-order valence-electron chi connectivity index (χ3n) is 4.88. The first-order valence-corrected chi connectivity index (χ1v) is 10.3. The fourth-order valence-corrected chi connectivity index (χ4v) is 4.67. The van der Waals surface area contributed by atoms with Crippen molar-refractivity contribution in [3.63, 3.8) is 0 Å². The molecule has 27 heavy (non-hydrogen) atoms. The lowest BCUT2D eigenvalue weighted by Gasteiger charge is -2.32. The van der Waals surface area contributed by atoms with Crippen LogP contribution in [0, 0.1) is 0 Å². The van der Waals surface area contributed by atoms with Crippen LogP contribution in [0.15, 0.2) is 72.4 Å². The lowest BCUT2D eigenvalue weighted by Crippen LogP contribution is -2.37. The van der Waals surface area contributed by atoms with Gasteiger partial charge in [-0.25, -0.2) is 8.42 Å². The van der Waals surface area contributed by atoms with E-state index in [4.69, 9.17) is 0 Å². The summed E-state index contributed by atoms with van der Waals surface area (Å²) in [6, 6.07) is 17.5. The quantitative estimate of drug-likeness (QED) is 0.698. The summed E-state index contributed by atoms with van der Waals surface area (Å²) in [7, 11) is -1.66. The first-order chi connectivity index (χ1) is 13.0. The molecular formula is C21H21N3O2S. The minimum Gasteiger partial charge on any atom is -0.276 e. The molecule has 1 unspecified atom stereocenters. The molecule has 0 amide bonds. The van der Waals surface area contributed by atoms with Gasteiger partial charge < -0.3 is 0 Å². The number of hydrogen-bond donors (Lipinski definition) is 0. The van der Waals surface area contributed by atoms with E-state index in [1.165, 1.54) is 11.0 Å². The molecule has 0 spiro atoms. The van der Waals surface area contributed by atoms with Gasteiger partial charge in [-0.3, -0.25) is 4.68 Å². The molecule has 0 radical (unpaired) electrons. The molecule has 6 heteroatoms. The molecule has 1 aromatic heterocycles. The zero-order valence-electron chi connectivity index (χ0n) is 15.1. The predicted molar refractivity (Wildman–Crippen MR) is 106 cm³/mol. The Morgan fingerprint density at radius 1 is 1.07 bits per heavy atom. The van der Waals surface area contributed by atoms with Gasteiger partial charge in [-0.15, -0.1) is 0 Å². The first-order valence-electron chi connectivity index (χ1n) is 8.82. The normalized spacial score (nSPS) is 17.9. The lowest BCUT2D eigenvalue weighted by molar-refractivity contribution is 0.377. The van der Waals surface area contributed by atoms with E-state index in [1.54, 1.807) is 15.1 Å². The van der Waals surface area contributed by atoms with Gasteiger partial charge in [-0.05, 0) is 28.3 Å². The number of hydrogen-bond acceptors (Lipinski definition) is 3. The van der Waals surface area contributed by atoms with Gasteiger partial charge in [0.1, 0.15) is 0 Å². The van der Waals surface area contributed by atoms with Crippen molar-refractivity contribution >= 4 is 16.1 Å². The summed E-state index contributed by atoms with van der Waals surface area (Å²) in [5, 5.41) is 5.56. The van der Waals surface area contributed by atoms with Crippen LogP contribution in [0.2, 0.25) is 0 Å². The summed E-state index contributed by atoms with van der Waals surface area (Å²) in [4.78, 5) is 0. The van der Waals surface area contributed by atoms with Crippen LogP contribution >= 0.6 is 0 Å². The van der Waals surface area contributed by atoms with Gasteiger partial charge in [0.25, 0.3) is 0 Å². The standard InChI is InChI=1S/C21H21N3O2S/c1-23-14-19(13-22-23)21-16-24(15-18-9-5-6-10-20(18)21)27(25,26)12-11-17-7-3-2-4-8-17/h2-14,21H,15-16H2,1H3/b12-11+. The lowest BCUT2D eigenvalue weighted by atomic mass is 9.87. The van der Waals surface area contributed by atoms with E-state index >= 15 is 0 Å². The van der Waals surface area contributed by atoms with Crippen LogP contribution in [0.3, 0.4) is 0 Å². The number of rotatable bonds is 4.